The Bertz CT molecular complexity index is 487. The summed E-state index contributed by atoms with van der Waals surface area (Å²) in [5.41, 5.74) is 0. The molecule has 0 fully saturated rings. The Balaban J connectivity index is 2.67. The van der Waals surface area contributed by atoms with E-state index in [-0.39, 0.29) is 19.1 Å². The van der Waals surface area contributed by atoms with Crippen molar-refractivity contribution in [3.8, 4) is 11.5 Å². The van der Waals surface area contributed by atoms with E-state index in [0.717, 1.165) is 0 Å². The fourth-order valence-electron chi connectivity index (χ4n) is 1.72. The van der Waals surface area contributed by atoms with Crippen LogP contribution in [0, 0.1) is 0 Å². The number of benzene rings is 1. The molecule has 0 saturated carbocycles. The van der Waals surface area contributed by atoms with Gasteiger partial charge in [-0.2, -0.15) is 0 Å². The number of carbonyl (C=O) groups is 2. The van der Waals surface area contributed by atoms with Gasteiger partial charge < -0.3 is 24.6 Å². The van der Waals surface area contributed by atoms with Crippen LogP contribution in [0.3, 0.4) is 0 Å². The molecule has 0 heterocycles. The highest BCUT2D eigenvalue weighted by Gasteiger charge is 2.28. The van der Waals surface area contributed by atoms with Crippen LogP contribution in [-0.2, 0) is 14.3 Å². The molecule has 0 aliphatic rings. The number of nitrogens with one attached hydrogen (secondary N) is 1. The second-order valence-electron chi connectivity index (χ2n) is 4.49. The van der Waals surface area contributed by atoms with Gasteiger partial charge in [-0.1, -0.05) is 0 Å². The molecule has 122 valence electrons. The minimum atomic E-state index is -1.50. The van der Waals surface area contributed by atoms with Crippen LogP contribution in [0.1, 0.15) is 13.8 Å². The van der Waals surface area contributed by atoms with Crippen LogP contribution < -0.4 is 14.8 Å². The standard InChI is InChI=1S/C15H21NO6/c1-4-21-15(19)14(18)13(16-10(2)17)9-22-12-7-5-11(20-3)6-8-12/h5-8,13-14,18H,4,9H2,1-3H3,(H,16,17)/t13-,14+/m1/s1. The Labute approximate surface area is 129 Å². The number of aliphatic hydroxyl groups is 1. The number of hydrogen-bond acceptors (Lipinski definition) is 6. The second-order valence-corrected chi connectivity index (χ2v) is 4.49. The molecule has 0 bridgehead atoms. The number of ether oxygens (including phenoxy) is 3. The molecule has 0 aromatic heterocycles. The third-order valence-electron chi connectivity index (χ3n) is 2.79. The molecule has 2 N–H and O–H groups in total. The van der Waals surface area contributed by atoms with Crippen LogP contribution >= 0.6 is 0 Å². The van der Waals surface area contributed by atoms with Crippen molar-refractivity contribution in [1.29, 1.82) is 0 Å². The summed E-state index contributed by atoms with van der Waals surface area (Å²) in [6.07, 6.45) is -1.50. The molecule has 1 aromatic rings. The quantitative estimate of drug-likeness (QED) is 0.679. The van der Waals surface area contributed by atoms with E-state index >= 15 is 0 Å². The summed E-state index contributed by atoms with van der Waals surface area (Å²) in [5, 5.41) is 12.4. The van der Waals surface area contributed by atoms with Gasteiger partial charge >= 0.3 is 5.97 Å². The molecule has 1 aromatic carbocycles. The number of methoxy groups -OCH3 is 1. The van der Waals surface area contributed by atoms with Crippen LogP contribution in [0.2, 0.25) is 0 Å². The van der Waals surface area contributed by atoms with Crippen LogP contribution in [0.15, 0.2) is 24.3 Å². The highest BCUT2D eigenvalue weighted by atomic mass is 16.5. The molecule has 1 rings (SSSR count). The Morgan fingerprint density at radius 1 is 1.23 bits per heavy atom. The maximum atomic E-state index is 11.6. The van der Waals surface area contributed by atoms with Gasteiger partial charge in [0.05, 0.1) is 19.8 Å². The van der Waals surface area contributed by atoms with Crippen molar-refractivity contribution in [1.82, 2.24) is 5.32 Å². The minimum Gasteiger partial charge on any atom is -0.497 e. The molecule has 0 aliphatic carbocycles. The largest absolute Gasteiger partial charge is 0.497 e. The lowest BCUT2D eigenvalue weighted by Gasteiger charge is -2.22. The number of amides is 1. The average Bonchev–Trinajstić information content (AvgIpc) is 2.51. The normalized spacial score (nSPS) is 12.9. The van der Waals surface area contributed by atoms with E-state index in [1.807, 2.05) is 0 Å². The van der Waals surface area contributed by atoms with E-state index in [9.17, 15) is 14.7 Å². The Hall–Kier alpha value is -2.28. The summed E-state index contributed by atoms with van der Waals surface area (Å²) in [7, 11) is 1.55. The molecule has 0 aliphatic heterocycles. The monoisotopic (exact) mass is 311 g/mol. The number of aliphatic hydroxyl groups excluding tert-OH is 1. The Kier molecular flexibility index (Phi) is 7.18. The smallest absolute Gasteiger partial charge is 0.337 e. The molecule has 1 amide bonds. The van der Waals surface area contributed by atoms with Crippen molar-refractivity contribution in [3.05, 3.63) is 24.3 Å². The van der Waals surface area contributed by atoms with Crippen LogP contribution in [-0.4, -0.2) is 49.5 Å². The van der Waals surface area contributed by atoms with Gasteiger partial charge in [0.1, 0.15) is 18.1 Å². The molecule has 0 unspecified atom stereocenters. The molecule has 7 heteroatoms. The van der Waals surface area contributed by atoms with E-state index in [2.05, 4.69) is 5.32 Å². The first-order valence-electron chi connectivity index (χ1n) is 6.86. The number of carbonyl (C=O) groups excluding carboxylic acids is 2. The second kappa shape index (κ2) is 8.89. The molecule has 0 spiro atoms. The topological polar surface area (TPSA) is 94.1 Å². The molecule has 22 heavy (non-hydrogen) atoms. The number of hydrogen-bond donors (Lipinski definition) is 2. The summed E-state index contributed by atoms with van der Waals surface area (Å²) >= 11 is 0. The highest BCUT2D eigenvalue weighted by Crippen LogP contribution is 2.17. The maximum Gasteiger partial charge on any atom is 0.337 e. The number of esters is 1. The summed E-state index contributed by atoms with van der Waals surface area (Å²) in [6, 6.07) is 5.88. The fourth-order valence-corrected chi connectivity index (χ4v) is 1.72. The molecule has 7 nitrogen and oxygen atoms in total. The third-order valence-corrected chi connectivity index (χ3v) is 2.79. The first-order valence-corrected chi connectivity index (χ1v) is 6.86. The van der Waals surface area contributed by atoms with Gasteiger partial charge in [0.25, 0.3) is 0 Å². The lowest BCUT2D eigenvalue weighted by atomic mass is 10.1. The van der Waals surface area contributed by atoms with Crippen molar-refractivity contribution in [3.63, 3.8) is 0 Å². The first kappa shape index (κ1) is 17.8. The zero-order valence-corrected chi connectivity index (χ0v) is 12.9. The van der Waals surface area contributed by atoms with Crippen LogP contribution in [0.5, 0.6) is 11.5 Å². The first-order chi connectivity index (χ1) is 10.5. The lowest BCUT2D eigenvalue weighted by molar-refractivity contribution is -0.155. The predicted octanol–water partition coefficient (Wildman–Crippen LogP) is 0.503. The molecular formula is C15H21NO6. The van der Waals surface area contributed by atoms with E-state index in [0.29, 0.717) is 11.5 Å². The van der Waals surface area contributed by atoms with E-state index in [1.165, 1.54) is 6.92 Å². The van der Waals surface area contributed by atoms with Gasteiger partial charge in [-0.25, -0.2) is 4.79 Å². The lowest BCUT2D eigenvalue weighted by Crippen LogP contribution is -2.50. The van der Waals surface area contributed by atoms with Gasteiger partial charge in [-0.3, -0.25) is 4.79 Å². The minimum absolute atomic E-state index is 0.0775. The van der Waals surface area contributed by atoms with Gasteiger partial charge in [0.2, 0.25) is 5.91 Å². The maximum absolute atomic E-state index is 11.6. The van der Waals surface area contributed by atoms with Gasteiger partial charge in [0.15, 0.2) is 6.10 Å². The molecular weight excluding hydrogens is 290 g/mol. The zero-order chi connectivity index (χ0) is 16.5. The highest BCUT2D eigenvalue weighted by molar-refractivity contribution is 5.78. The van der Waals surface area contributed by atoms with E-state index in [4.69, 9.17) is 14.2 Å². The Morgan fingerprint density at radius 3 is 2.32 bits per heavy atom. The van der Waals surface area contributed by atoms with Crippen molar-refractivity contribution in [2.75, 3.05) is 20.3 Å². The summed E-state index contributed by atoms with van der Waals surface area (Å²) in [5.74, 6) is 0.00999. The Morgan fingerprint density at radius 2 is 1.82 bits per heavy atom. The van der Waals surface area contributed by atoms with Crippen LogP contribution in [0.25, 0.3) is 0 Å². The van der Waals surface area contributed by atoms with E-state index in [1.54, 1.807) is 38.3 Å². The third kappa shape index (κ3) is 5.61. The summed E-state index contributed by atoms with van der Waals surface area (Å²) in [6.45, 7) is 2.98. The van der Waals surface area contributed by atoms with Crippen molar-refractivity contribution in [2.45, 2.75) is 26.0 Å². The zero-order valence-electron chi connectivity index (χ0n) is 12.9. The molecule has 0 radical (unpaired) electrons. The SMILES string of the molecule is CCOC(=O)[C@@H](O)[C@@H](COc1ccc(OC)cc1)NC(C)=O. The fraction of sp³-hybridized carbons (Fsp3) is 0.467. The van der Waals surface area contributed by atoms with Crippen molar-refractivity contribution in [2.24, 2.45) is 0 Å². The number of rotatable bonds is 8. The van der Waals surface area contributed by atoms with Crippen molar-refractivity contribution >= 4 is 11.9 Å². The summed E-state index contributed by atoms with van der Waals surface area (Å²) < 4.78 is 15.2. The van der Waals surface area contributed by atoms with Gasteiger partial charge in [-0.15, -0.1) is 0 Å². The van der Waals surface area contributed by atoms with Crippen LogP contribution in [0.4, 0.5) is 0 Å². The molecule has 0 saturated heterocycles. The van der Waals surface area contributed by atoms with Gasteiger partial charge in [-0.05, 0) is 31.2 Å². The van der Waals surface area contributed by atoms with E-state index < -0.39 is 18.1 Å². The predicted molar refractivity (Wildman–Crippen MR) is 78.7 cm³/mol. The molecule has 2 atom stereocenters. The average molecular weight is 311 g/mol. The van der Waals surface area contributed by atoms with Crippen molar-refractivity contribution < 1.29 is 28.9 Å². The summed E-state index contributed by atoms with van der Waals surface area (Å²) in [4.78, 5) is 22.8. The van der Waals surface area contributed by atoms with Gasteiger partial charge in [0, 0.05) is 6.92 Å².